The standard InChI is InChI=1S/C25H31N3O6/c1-18(2)13-21(28-25(32)34-17-20-11-7-4-8-12-20)24(31)27-14-22(29)26-15-23(30)33-16-19-9-5-3-6-10-19/h3-12,18,21H,13-17H2,1-2H3,(H,26,29)(H,27,31)(H,28,32)/t21-/m0/s1. The summed E-state index contributed by atoms with van der Waals surface area (Å²) >= 11 is 0. The molecule has 0 fully saturated rings. The summed E-state index contributed by atoms with van der Waals surface area (Å²) in [6, 6.07) is 17.5. The number of benzene rings is 2. The molecular formula is C25H31N3O6. The molecule has 0 aliphatic heterocycles. The van der Waals surface area contributed by atoms with E-state index in [0.29, 0.717) is 6.42 Å². The second-order valence-electron chi connectivity index (χ2n) is 8.03. The van der Waals surface area contributed by atoms with Crippen LogP contribution in [0.5, 0.6) is 0 Å². The molecule has 9 heteroatoms. The molecule has 0 aliphatic rings. The van der Waals surface area contributed by atoms with Crippen molar-refractivity contribution in [2.75, 3.05) is 13.1 Å². The number of amides is 3. The fraction of sp³-hybridized carbons (Fsp3) is 0.360. The molecule has 2 aromatic rings. The molecule has 0 aliphatic carbocycles. The molecule has 2 rings (SSSR count). The van der Waals surface area contributed by atoms with Crippen molar-refractivity contribution in [2.45, 2.75) is 39.5 Å². The van der Waals surface area contributed by atoms with Crippen LogP contribution in [0.15, 0.2) is 60.7 Å². The van der Waals surface area contributed by atoms with Gasteiger partial charge in [-0.1, -0.05) is 74.5 Å². The van der Waals surface area contributed by atoms with Gasteiger partial charge in [0, 0.05) is 0 Å². The number of alkyl carbamates (subject to hydrolysis) is 1. The monoisotopic (exact) mass is 469 g/mol. The molecule has 0 spiro atoms. The summed E-state index contributed by atoms with van der Waals surface area (Å²) in [5, 5.41) is 7.41. The Hall–Kier alpha value is -3.88. The number of carbonyl (C=O) groups is 4. The summed E-state index contributed by atoms with van der Waals surface area (Å²) < 4.78 is 10.3. The third-order valence-corrected chi connectivity index (χ3v) is 4.62. The summed E-state index contributed by atoms with van der Waals surface area (Å²) in [7, 11) is 0. The van der Waals surface area contributed by atoms with Crippen LogP contribution in [0.25, 0.3) is 0 Å². The van der Waals surface area contributed by atoms with Gasteiger partial charge in [0.15, 0.2) is 0 Å². The Balaban J connectivity index is 1.72. The van der Waals surface area contributed by atoms with Gasteiger partial charge < -0.3 is 25.4 Å². The lowest BCUT2D eigenvalue weighted by atomic mass is 10.0. The van der Waals surface area contributed by atoms with Crippen LogP contribution in [0.3, 0.4) is 0 Å². The van der Waals surface area contributed by atoms with E-state index >= 15 is 0 Å². The van der Waals surface area contributed by atoms with E-state index < -0.39 is 29.9 Å². The number of ether oxygens (including phenoxy) is 2. The van der Waals surface area contributed by atoms with Crippen molar-refractivity contribution >= 4 is 23.9 Å². The van der Waals surface area contributed by atoms with Crippen molar-refractivity contribution in [2.24, 2.45) is 5.92 Å². The van der Waals surface area contributed by atoms with Crippen molar-refractivity contribution in [3.63, 3.8) is 0 Å². The van der Waals surface area contributed by atoms with Crippen molar-refractivity contribution in [1.29, 1.82) is 0 Å². The van der Waals surface area contributed by atoms with Gasteiger partial charge in [-0.15, -0.1) is 0 Å². The fourth-order valence-corrected chi connectivity index (χ4v) is 2.92. The topological polar surface area (TPSA) is 123 Å². The number of carbonyl (C=O) groups excluding carboxylic acids is 4. The van der Waals surface area contributed by atoms with E-state index in [1.54, 1.807) is 0 Å². The first-order valence-corrected chi connectivity index (χ1v) is 11.0. The quantitative estimate of drug-likeness (QED) is 0.410. The minimum atomic E-state index is -0.869. The zero-order valence-corrected chi connectivity index (χ0v) is 19.4. The minimum absolute atomic E-state index is 0.0749. The molecule has 3 amide bonds. The Bertz CT molecular complexity index is 934. The van der Waals surface area contributed by atoms with Crippen molar-refractivity contribution in [1.82, 2.24) is 16.0 Å². The van der Waals surface area contributed by atoms with E-state index in [4.69, 9.17) is 9.47 Å². The Morgan fingerprint density at radius 2 is 1.32 bits per heavy atom. The second kappa shape index (κ2) is 14.3. The number of esters is 1. The summed E-state index contributed by atoms with van der Waals surface area (Å²) in [6.07, 6.45) is -0.366. The second-order valence-corrected chi connectivity index (χ2v) is 8.03. The van der Waals surface area contributed by atoms with Crippen LogP contribution < -0.4 is 16.0 Å². The van der Waals surface area contributed by atoms with Crippen LogP contribution in [0, 0.1) is 5.92 Å². The molecule has 2 aromatic carbocycles. The maximum absolute atomic E-state index is 12.5. The molecule has 3 N–H and O–H groups in total. The highest BCUT2D eigenvalue weighted by molar-refractivity contribution is 5.90. The van der Waals surface area contributed by atoms with Crippen LogP contribution in [-0.4, -0.2) is 43.0 Å². The maximum Gasteiger partial charge on any atom is 0.408 e. The Labute approximate surface area is 199 Å². The molecule has 0 aromatic heterocycles. The van der Waals surface area contributed by atoms with Crippen molar-refractivity contribution < 1.29 is 28.7 Å². The van der Waals surface area contributed by atoms with E-state index in [1.165, 1.54) is 0 Å². The lowest BCUT2D eigenvalue weighted by Gasteiger charge is -2.20. The zero-order valence-electron chi connectivity index (χ0n) is 19.4. The van der Waals surface area contributed by atoms with E-state index in [2.05, 4.69) is 16.0 Å². The maximum atomic E-state index is 12.5. The molecule has 0 saturated carbocycles. The molecule has 0 unspecified atom stereocenters. The number of hydrogen-bond acceptors (Lipinski definition) is 6. The summed E-state index contributed by atoms with van der Waals surface area (Å²) in [4.78, 5) is 48.5. The average Bonchev–Trinajstić information content (AvgIpc) is 2.84. The fourth-order valence-electron chi connectivity index (χ4n) is 2.92. The predicted molar refractivity (Wildman–Crippen MR) is 125 cm³/mol. The van der Waals surface area contributed by atoms with Gasteiger partial charge in [0.2, 0.25) is 11.8 Å². The normalized spacial score (nSPS) is 11.3. The molecule has 0 bridgehead atoms. The largest absolute Gasteiger partial charge is 0.460 e. The van der Waals surface area contributed by atoms with Crippen LogP contribution in [0.4, 0.5) is 4.79 Å². The summed E-state index contributed by atoms with van der Waals surface area (Å²) in [5.74, 6) is -1.56. The summed E-state index contributed by atoms with van der Waals surface area (Å²) in [6.45, 7) is 3.33. The highest BCUT2D eigenvalue weighted by Crippen LogP contribution is 2.06. The first kappa shape index (κ1) is 26.4. The predicted octanol–water partition coefficient (Wildman–Crippen LogP) is 2.30. The average molecular weight is 470 g/mol. The molecule has 34 heavy (non-hydrogen) atoms. The van der Waals surface area contributed by atoms with Crippen LogP contribution >= 0.6 is 0 Å². The van der Waals surface area contributed by atoms with Gasteiger partial charge in [-0.2, -0.15) is 0 Å². The molecule has 182 valence electrons. The van der Waals surface area contributed by atoms with E-state index in [0.717, 1.165) is 11.1 Å². The Morgan fingerprint density at radius 3 is 1.88 bits per heavy atom. The zero-order chi connectivity index (χ0) is 24.8. The Kier molecular flexibility index (Phi) is 11.1. The lowest BCUT2D eigenvalue weighted by molar-refractivity contribution is -0.145. The molecule has 0 radical (unpaired) electrons. The van der Waals surface area contributed by atoms with Crippen molar-refractivity contribution in [3.8, 4) is 0 Å². The minimum Gasteiger partial charge on any atom is -0.460 e. The SMILES string of the molecule is CC(C)C[C@H](NC(=O)OCc1ccccc1)C(=O)NCC(=O)NCC(=O)OCc1ccccc1. The smallest absolute Gasteiger partial charge is 0.408 e. The molecule has 0 saturated heterocycles. The highest BCUT2D eigenvalue weighted by Gasteiger charge is 2.23. The molecule has 1 atom stereocenters. The van der Waals surface area contributed by atoms with E-state index in [-0.39, 0.29) is 32.2 Å². The number of hydrogen-bond donors (Lipinski definition) is 3. The van der Waals surface area contributed by atoms with Gasteiger partial charge in [0.1, 0.15) is 25.8 Å². The van der Waals surface area contributed by atoms with E-state index in [1.807, 2.05) is 74.5 Å². The van der Waals surface area contributed by atoms with Crippen LogP contribution in [0.1, 0.15) is 31.4 Å². The molecular weight excluding hydrogens is 438 g/mol. The van der Waals surface area contributed by atoms with E-state index in [9.17, 15) is 19.2 Å². The van der Waals surface area contributed by atoms with Gasteiger partial charge in [-0.05, 0) is 23.5 Å². The van der Waals surface area contributed by atoms with Gasteiger partial charge in [-0.3, -0.25) is 14.4 Å². The first-order valence-electron chi connectivity index (χ1n) is 11.0. The van der Waals surface area contributed by atoms with Crippen LogP contribution in [-0.2, 0) is 37.1 Å². The third kappa shape index (κ3) is 10.6. The van der Waals surface area contributed by atoms with Crippen molar-refractivity contribution in [3.05, 3.63) is 71.8 Å². The molecule has 0 heterocycles. The molecule has 9 nitrogen and oxygen atoms in total. The van der Waals surface area contributed by atoms with Gasteiger partial charge in [0.25, 0.3) is 0 Å². The third-order valence-electron chi connectivity index (χ3n) is 4.62. The van der Waals surface area contributed by atoms with Gasteiger partial charge in [0.05, 0.1) is 6.54 Å². The first-order chi connectivity index (χ1) is 16.3. The highest BCUT2D eigenvalue weighted by atomic mass is 16.5. The Morgan fingerprint density at radius 1 is 0.765 bits per heavy atom. The lowest BCUT2D eigenvalue weighted by Crippen LogP contribution is -2.50. The van der Waals surface area contributed by atoms with Gasteiger partial charge >= 0.3 is 12.1 Å². The number of nitrogens with one attached hydrogen (secondary N) is 3. The van der Waals surface area contributed by atoms with Crippen LogP contribution in [0.2, 0.25) is 0 Å². The van der Waals surface area contributed by atoms with Gasteiger partial charge in [-0.25, -0.2) is 4.79 Å². The summed E-state index contributed by atoms with van der Waals surface area (Å²) in [5.41, 5.74) is 1.65. The number of rotatable bonds is 12.